The molecular formula is C24H26N2O11. The van der Waals surface area contributed by atoms with E-state index in [1.807, 2.05) is 0 Å². The van der Waals surface area contributed by atoms with Crippen LogP contribution in [0.1, 0.15) is 18.2 Å². The Morgan fingerprint density at radius 2 is 1.54 bits per heavy atom. The van der Waals surface area contributed by atoms with Crippen molar-refractivity contribution in [3.63, 3.8) is 0 Å². The molecule has 37 heavy (non-hydrogen) atoms. The molecule has 1 aliphatic heterocycles. The van der Waals surface area contributed by atoms with Gasteiger partial charge in [0.25, 0.3) is 0 Å². The minimum Gasteiger partial charge on any atom is -0.469 e. The fraction of sp³-hybridized carbons (Fsp3) is 0.417. The molecule has 0 aliphatic carbocycles. The van der Waals surface area contributed by atoms with Crippen molar-refractivity contribution in [2.45, 2.75) is 18.8 Å². The molecule has 13 nitrogen and oxygen atoms in total. The maximum absolute atomic E-state index is 13.1. The molecule has 3 rings (SSSR count). The van der Waals surface area contributed by atoms with E-state index >= 15 is 0 Å². The second-order valence-corrected chi connectivity index (χ2v) is 8.10. The lowest BCUT2D eigenvalue weighted by molar-refractivity contribution is -0.400. The molecule has 1 aliphatic rings. The van der Waals surface area contributed by atoms with Crippen LogP contribution in [-0.4, -0.2) is 67.9 Å². The molecule has 13 heteroatoms. The van der Waals surface area contributed by atoms with E-state index in [2.05, 4.69) is 0 Å². The Labute approximate surface area is 211 Å². The minimum absolute atomic E-state index is 0.425. The average molecular weight is 518 g/mol. The van der Waals surface area contributed by atoms with Crippen molar-refractivity contribution in [3.8, 4) is 0 Å². The van der Waals surface area contributed by atoms with Gasteiger partial charge in [0.15, 0.2) is 0 Å². The Kier molecular flexibility index (Phi) is 8.60. The molecule has 198 valence electrons. The van der Waals surface area contributed by atoms with Crippen molar-refractivity contribution in [2.24, 2.45) is 17.8 Å². The molecule has 2 heterocycles. The lowest BCUT2D eigenvalue weighted by atomic mass is 9.74. The summed E-state index contributed by atoms with van der Waals surface area (Å²) >= 11 is 0. The highest BCUT2D eigenvalue weighted by atomic mass is 16.6. The Hall–Kier alpha value is -4.26. The highest BCUT2D eigenvalue weighted by Gasteiger charge is 2.57. The topological polar surface area (TPSA) is 162 Å². The number of ether oxygens (including phenoxy) is 5. The van der Waals surface area contributed by atoms with E-state index in [1.165, 1.54) is 16.8 Å². The first-order valence-corrected chi connectivity index (χ1v) is 11.0. The number of aromatic nitrogens is 1. The van der Waals surface area contributed by atoms with Gasteiger partial charge in [-0.25, -0.2) is 0 Å². The van der Waals surface area contributed by atoms with Gasteiger partial charge in [-0.3, -0.25) is 29.3 Å². The number of nitrogens with zero attached hydrogens (tertiary/aromatic N) is 2. The number of carbonyl (C=O) groups excluding carboxylic acids is 4. The number of methoxy groups -OCH3 is 4. The van der Waals surface area contributed by atoms with Crippen molar-refractivity contribution in [3.05, 3.63) is 52.3 Å². The molecular weight excluding hydrogens is 492 g/mol. The van der Waals surface area contributed by atoms with Crippen LogP contribution in [-0.2, 0) is 42.9 Å². The zero-order valence-electron chi connectivity index (χ0n) is 20.5. The summed E-state index contributed by atoms with van der Waals surface area (Å²) < 4.78 is 27.2. The summed E-state index contributed by atoms with van der Waals surface area (Å²) in [5, 5.41) is 11.5. The Morgan fingerprint density at radius 1 is 0.946 bits per heavy atom. The SMILES string of the molecule is COC(=O)CC1OC(n2cc(/C=C/[N+](=O)[O-])c3ccccc32)C(C(=O)OC)C(C(=O)OC)C1C(=O)OC. The fourth-order valence-corrected chi connectivity index (χ4v) is 4.62. The molecule has 1 aromatic carbocycles. The monoisotopic (exact) mass is 518 g/mol. The first-order valence-electron chi connectivity index (χ1n) is 11.0. The largest absolute Gasteiger partial charge is 0.469 e. The van der Waals surface area contributed by atoms with E-state index < -0.39 is 65.3 Å². The summed E-state index contributed by atoms with van der Waals surface area (Å²) in [6.07, 6.45) is 0.560. The van der Waals surface area contributed by atoms with E-state index in [4.69, 9.17) is 23.7 Å². The number of benzene rings is 1. The smallest absolute Gasteiger partial charge is 0.314 e. The summed E-state index contributed by atoms with van der Waals surface area (Å²) in [5.41, 5.74) is 0.926. The predicted octanol–water partition coefficient (Wildman–Crippen LogP) is 1.72. The Morgan fingerprint density at radius 3 is 2.14 bits per heavy atom. The van der Waals surface area contributed by atoms with E-state index in [1.54, 1.807) is 24.3 Å². The van der Waals surface area contributed by atoms with Gasteiger partial charge in [0.2, 0.25) is 6.20 Å². The molecule has 0 saturated carbocycles. The van der Waals surface area contributed by atoms with Crippen LogP contribution >= 0.6 is 0 Å². The van der Waals surface area contributed by atoms with Crippen molar-refractivity contribution in [2.75, 3.05) is 28.4 Å². The van der Waals surface area contributed by atoms with Gasteiger partial charge in [0.05, 0.1) is 63.2 Å². The predicted molar refractivity (Wildman–Crippen MR) is 125 cm³/mol. The summed E-state index contributed by atoms with van der Waals surface area (Å²) in [6, 6.07) is 6.82. The normalized spacial score (nSPS) is 23.4. The van der Waals surface area contributed by atoms with Crippen molar-refractivity contribution in [1.29, 1.82) is 0 Å². The maximum Gasteiger partial charge on any atom is 0.314 e. The number of fused-ring (bicyclic) bond motifs is 1. The lowest BCUT2D eigenvalue weighted by Gasteiger charge is -2.43. The standard InChI is InChI=1S/C24H26N2O11/c1-33-17(27)11-16-18(22(28)34-2)19(23(29)35-3)20(24(30)36-4)21(37-16)25-12-13(9-10-26(31)32)14-7-5-6-8-15(14)25/h5-10,12,16,18-21H,11H2,1-4H3/b10-9+. The Bertz CT molecular complexity index is 1230. The van der Waals surface area contributed by atoms with E-state index in [9.17, 15) is 29.3 Å². The molecule has 0 amide bonds. The van der Waals surface area contributed by atoms with Gasteiger partial charge in [0, 0.05) is 23.2 Å². The van der Waals surface area contributed by atoms with Crippen LogP contribution < -0.4 is 0 Å². The number of carbonyl (C=O) groups is 4. The first kappa shape index (κ1) is 27.3. The number of hydrogen-bond donors (Lipinski definition) is 0. The molecule has 5 atom stereocenters. The molecule has 1 fully saturated rings. The van der Waals surface area contributed by atoms with Crippen LogP contribution in [0, 0.1) is 27.9 Å². The summed E-state index contributed by atoms with van der Waals surface area (Å²) in [7, 11) is 4.45. The van der Waals surface area contributed by atoms with Crippen molar-refractivity contribution in [1.82, 2.24) is 4.57 Å². The van der Waals surface area contributed by atoms with Gasteiger partial charge in [-0.15, -0.1) is 0 Å². The summed E-state index contributed by atoms with van der Waals surface area (Å²) in [5.74, 6) is -7.72. The third kappa shape index (κ3) is 5.45. The summed E-state index contributed by atoms with van der Waals surface area (Å²) in [4.78, 5) is 61.5. The third-order valence-corrected chi connectivity index (χ3v) is 6.23. The number of para-hydroxylation sites is 1. The van der Waals surface area contributed by atoms with Crippen molar-refractivity contribution < 1.29 is 47.8 Å². The van der Waals surface area contributed by atoms with Crippen molar-refractivity contribution >= 4 is 40.9 Å². The second-order valence-electron chi connectivity index (χ2n) is 8.10. The first-order chi connectivity index (χ1) is 17.7. The van der Waals surface area contributed by atoms with Gasteiger partial charge in [-0.1, -0.05) is 18.2 Å². The van der Waals surface area contributed by atoms with Gasteiger partial charge < -0.3 is 28.3 Å². The van der Waals surface area contributed by atoms with Gasteiger partial charge >= 0.3 is 23.9 Å². The summed E-state index contributed by atoms with van der Waals surface area (Å²) in [6.45, 7) is 0. The quantitative estimate of drug-likeness (QED) is 0.216. The third-order valence-electron chi connectivity index (χ3n) is 6.23. The number of esters is 4. The molecule has 0 N–H and O–H groups in total. The van der Waals surface area contributed by atoms with Gasteiger partial charge in [-0.05, 0) is 6.07 Å². The second kappa shape index (κ2) is 11.6. The highest BCUT2D eigenvalue weighted by Crippen LogP contribution is 2.45. The van der Waals surface area contributed by atoms with Gasteiger partial charge in [-0.2, -0.15) is 0 Å². The van der Waals surface area contributed by atoms with E-state index in [0.29, 0.717) is 16.5 Å². The molecule has 0 spiro atoms. The van der Waals surface area contributed by atoms with Crippen LogP contribution in [0.5, 0.6) is 0 Å². The molecule has 2 aromatic rings. The van der Waals surface area contributed by atoms with Crippen LogP contribution in [0.15, 0.2) is 36.7 Å². The van der Waals surface area contributed by atoms with Crippen LogP contribution in [0.2, 0.25) is 0 Å². The zero-order valence-corrected chi connectivity index (χ0v) is 20.5. The van der Waals surface area contributed by atoms with Crippen LogP contribution in [0.25, 0.3) is 17.0 Å². The molecule has 1 saturated heterocycles. The molecule has 0 bridgehead atoms. The Balaban J connectivity index is 2.28. The van der Waals surface area contributed by atoms with Crippen LogP contribution in [0.4, 0.5) is 0 Å². The van der Waals surface area contributed by atoms with Crippen LogP contribution in [0.3, 0.4) is 0 Å². The number of nitro groups is 1. The molecule has 1 aromatic heterocycles. The molecule has 0 radical (unpaired) electrons. The zero-order chi connectivity index (χ0) is 27.3. The van der Waals surface area contributed by atoms with Gasteiger partial charge in [0.1, 0.15) is 12.1 Å². The number of rotatable bonds is 8. The fourth-order valence-electron chi connectivity index (χ4n) is 4.62. The molecule has 5 unspecified atom stereocenters. The maximum atomic E-state index is 13.1. The lowest BCUT2D eigenvalue weighted by Crippen LogP contribution is -2.55. The van der Waals surface area contributed by atoms with E-state index in [0.717, 1.165) is 34.6 Å². The average Bonchev–Trinajstić information content (AvgIpc) is 3.28. The highest BCUT2D eigenvalue weighted by molar-refractivity contribution is 5.91. The van der Waals surface area contributed by atoms with E-state index in [-0.39, 0.29) is 0 Å². The minimum atomic E-state index is -1.46. The number of hydrogen-bond acceptors (Lipinski definition) is 11.